The quantitative estimate of drug-likeness (QED) is 0.449. The Kier molecular flexibility index (Phi) is 5.39. The molecular weight excluding hydrogens is 208 g/mol. The van der Waals surface area contributed by atoms with Crippen molar-refractivity contribution in [3.8, 4) is 0 Å². The summed E-state index contributed by atoms with van der Waals surface area (Å²) in [6, 6.07) is 6.90. The SMILES string of the molecule is C=C(C)CCC(Cc1cc(C)ccc1C)NN. The maximum atomic E-state index is 5.62. The summed E-state index contributed by atoms with van der Waals surface area (Å²) in [4.78, 5) is 0. The third-order valence-electron chi connectivity index (χ3n) is 3.13. The van der Waals surface area contributed by atoms with E-state index in [0.29, 0.717) is 6.04 Å². The minimum atomic E-state index is 0.326. The van der Waals surface area contributed by atoms with Crippen molar-refractivity contribution in [2.75, 3.05) is 0 Å². The molecule has 0 aliphatic rings. The number of allylic oxidation sites excluding steroid dienone is 1. The molecule has 1 rings (SSSR count). The summed E-state index contributed by atoms with van der Waals surface area (Å²) in [6.07, 6.45) is 3.05. The first-order valence-corrected chi connectivity index (χ1v) is 6.19. The van der Waals surface area contributed by atoms with Gasteiger partial charge in [-0.2, -0.15) is 0 Å². The molecule has 0 saturated carbocycles. The number of hydrogen-bond acceptors (Lipinski definition) is 2. The lowest BCUT2D eigenvalue weighted by molar-refractivity contribution is 0.490. The van der Waals surface area contributed by atoms with Crippen LogP contribution in [-0.4, -0.2) is 6.04 Å². The van der Waals surface area contributed by atoms with E-state index in [1.807, 2.05) is 0 Å². The van der Waals surface area contributed by atoms with Crippen molar-refractivity contribution >= 4 is 0 Å². The van der Waals surface area contributed by atoms with Crippen LogP contribution in [0.5, 0.6) is 0 Å². The second-order valence-corrected chi connectivity index (χ2v) is 4.99. The lowest BCUT2D eigenvalue weighted by Gasteiger charge is -2.17. The van der Waals surface area contributed by atoms with E-state index in [2.05, 4.69) is 51.0 Å². The Morgan fingerprint density at radius 3 is 2.71 bits per heavy atom. The van der Waals surface area contributed by atoms with Crippen LogP contribution in [0.15, 0.2) is 30.4 Å². The van der Waals surface area contributed by atoms with Gasteiger partial charge in [0.2, 0.25) is 0 Å². The summed E-state index contributed by atoms with van der Waals surface area (Å²) in [6.45, 7) is 10.3. The molecule has 0 aliphatic carbocycles. The van der Waals surface area contributed by atoms with Gasteiger partial charge in [0.05, 0.1) is 0 Å². The van der Waals surface area contributed by atoms with Crippen LogP contribution in [0.3, 0.4) is 0 Å². The number of rotatable bonds is 6. The van der Waals surface area contributed by atoms with E-state index in [0.717, 1.165) is 19.3 Å². The number of nitrogens with two attached hydrogens (primary N) is 1. The highest BCUT2D eigenvalue weighted by molar-refractivity contribution is 5.31. The zero-order valence-corrected chi connectivity index (χ0v) is 11.2. The van der Waals surface area contributed by atoms with Crippen LogP contribution in [-0.2, 0) is 6.42 Å². The summed E-state index contributed by atoms with van der Waals surface area (Å²) >= 11 is 0. The molecule has 0 fully saturated rings. The molecule has 3 N–H and O–H groups in total. The number of aryl methyl sites for hydroxylation is 2. The first-order chi connectivity index (χ1) is 8.02. The lowest BCUT2D eigenvalue weighted by atomic mass is 9.96. The fourth-order valence-electron chi connectivity index (χ4n) is 1.95. The summed E-state index contributed by atoms with van der Waals surface area (Å²) < 4.78 is 0. The van der Waals surface area contributed by atoms with E-state index in [-0.39, 0.29) is 0 Å². The van der Waals surface area contributed by atoms with Gasteiger partial charge in [0.25, 0.3) is 0 Å². The fraction of sp³-hybridized carbons (Fsp3) is 0.467. The Balaban J connectivity index is 2.66. The summed E-state index contributed by atoms with van der Waals surface area (Å²) in [5.74, 6) is 5.62. The van der Waals surface area contributed by atoms with Crippen LogP contribution in [0.2, 0.25) is 0 Å². The van der Waals surface area contributed by atoms with Crippen LogP contribution in [0, 0.1) is 13.8 Å². The molecule has 0 aliphatic heterocycles. The highest BCUT2D eigenvalue weighted by Gasteiger charge is 2.09. The van der Waals surface area contributed by atoms with Crippen molar-refractivity contribution in [1.29, 1.82) is 0 Å². The number of hydrogen-bond donors (Lipinski definition) is 2. The van der Waals surface area contributed by atoms with Gasteiger partial charge >= 0.3 is 0 Å². The minimum absolute atomic E-state index is 0.326. The van der Waals surface area contributed by atoms with Crippen LogP contribution < -0.4 is 11.3 Å². The molecule has 0 heterocycles. The van der Waals surface area contributed by atoms with E-state index in [4.69, 9.17) is 5.84 Å². The summed E-state index contributed by atoms with van der Waals surface area (Å²) in [5.41, 5.74) is 8.16. The summed E-state index contributed by atoms with van der Waals surface area (Å²) in [5, 5.41) is 0. The van der Waals surface area contributed by atoms with Crippen molar-refractivity contribution in [3.05, 3.63) is 47.0 Å². The molecule has 0 radical (unpaired) electrons. The normalized spacial score (nSPS) is 12.5. The molecule has 0 amide bonds. The molecule has 17 heavy (non-hydrogen) atoms. The standard InChI is InChI=1S/C15H24N2/c1-11(2)5-8-15(17-16)10-14-9-12(3)6-7-13(14)4/h6-7,9,15,17H,1,5,8,10,16H2,2-4H3. The number of nitrogens with one attached hydrogen (secondary N) is 1. The van der Waals surface area contributed by atoms with Crippen LogP contribution in [0.1, 0.15) is 36.5 Å². The molecule has 0 bridgehead atoms. The number of hydrazine groups is 1. The Morgan fingerprint density at radius 1 is 1.41 bits per heavy atom. The predicted octanol–water partition coefficient (Wildman–Crippen LogP) is 3.03. The first-order valence-electron chi connectivity index (χ1n) is 6.19. The average Bonchev–Trinajstić information content (AvgIpc) is 2.28. The second kappa shape index (κ2) is 6.58. The topological polar surface area (TPSA) is 38.0 Å². The maximum Gasteiger partial charge on any atom is 0.0254 e. The van der Waals surface area contributed by atoms with Crippen molar-refractivity contribution in [3.63, 3.8) is 0 Å². The van der Waals surface area contributed by atoms with Gasteiger partial charge in [0.15, 0.2) is 0 Å². The Bertz CT molecular complexity index is 383. The smallest absolute Gasteiger partial charge is 0.0254 e. The van der Waals surface area contributed by atoms with Crippen molar-refractivity contribution in [1.82, 2.24) is 5.43 Å². The van der Waals surface area contributed by atoms with Gasteiger partial charge in [-0.1, -0.05) is 29.3 Å². The molecular formula is C15H24N2. The third-order valence-corrected chi connectivity index (χ3v) is 3.13. The molecule has 2 heteroatoms. The molecule has 1 aromatic rings. The monoisotopic (exact) mass is 232 g/mol. The Hall–Kier alpha value is -1.12. The Morgan fingerprint density at radius 2 is 2.12 bits per heavy atom. The van der Waals surface area contributed by atoms with Gasteiger partial charge in [-0.15, -0.1) is 6.58 Å². The first kappa shape index (κ1) is 13.9. The largest absolute Gasteiger partial charge is 0.271 e. The van der Waals surface area contributed by atoms with E-state index in [1.54, 1.807) is 0 Å². The minimum Gasteiger partial charge on any atom is -0.271 e. The highest BCUT2D eigenvalue weighted by Crippen LogP contribution is 2.15. The zero-order valence-electron chi connectivity index (χ0n) is 11.2. The molecule has 1 aromatic carbocycles. The van der Waals surface area contributed by atoms with Crippen LogP contribution in [0.4, 0.5) is 0 Å². The molecule has 1 unspecified atom stereocenters. The van der Waals surface area contributed by atoms with Gasteiger partial charge in [-0.3, -0.25) is 11.3 Å². The lowest BCUT2D eigenvalue weighted by Crippen LogP contribution is -2.36. The van der Waals surface area contributed by atoms with Gasteiger partial charge in [0, 0.05) is 6.04 Å². The summed E-state index contributed by atoms with van der Waals surface area (Å²) in [7, 11) is 0. The van der Waals surface area contributed by atoms with E-state index < -0.39 is 0 Å². The van der Waals surface area contributed by atoms with Gasteiger partial charge < -0.3 is 0 Å². The van der Waals surface area contributed by atoms with Crippen molar-refractivity contribution < 1.29 is 0 Å². The van der Waals surface area contributed by atoms with Crippen molar-refractivity contribution in [2.24, 2.45) is 5.84 Å². The van der Waals surface area contributed by atoms with Crippen molar-refractivity contribution in [2.45, 2.75) is 46.1 Å². The fourth-order valence-corrected chi connectivity index (χ4v) is 1.95. The van der Waals surface area contributed by atoms with Gasteiger partial charge in [-0.25, -0.2) is 0 Å². The van der Waals surface area contributed by atoms with Gasteiger partial charge in [0.1, 0.15) is 0 Å². The average molecular weight is 232 g/mol. The number of benzene rings is 1. The maximum absolute atomic E-state index is 5.62. The zero-order chi connectivity index (χ0) is 12.8. The van der Waals surface area contributed by atoms with E-state index in [1.165, 1.54) is 22.3 Å². The van der Waals surface area contributed by atoms with E-state index in [9.17, 15) is 0 Å². The molecule has 0 saturated heterocycles. The predicted molar refractivity (Wildman–Crippen MR) is 74.8 cm³/mol. The van der Waals surface area contributed by atoms with Gasteiger partial charge in [-0.05, 0) is 51.2 Å². The molecule has 0 spiro atoms. The molecule has 2 nitrogen and oxygen atoms in total. The Labute approximate surface area is 105 Å². The molecule has 0 aromatic heterocycles. The van der Waals surface area contributed by atoms with Crippen LogP contribution in [0.25, 0.3) is 0 Å². The molecule has 1 atom stereocenters. The highest BCUT2D eigenvalue weighted by atomic mass is 15.2. The second-order valence-electron chi connectivity index (χ2n) is 4.99. The third kappa shape index (κ3) is 4.72. The van der Waals surface area contributed by atoms with E-state index >= 15 is 0 Å². The molecule has 94 valence electrons. The van der Waals surface area contributed by atoms with Crippen LogP contribution >= 0.6 is 0 Å².